The molecule has 4 aromatic rings. The van der Waals surface area contributed by atoms with Gasteiger partial charge in [-0.2, -0.15) is 0 Å². The molecule has 7 nitrogen and oxygen atoms in total. The lowest BCUT2D eigenvalue weighted by atomic mass is 9.78. The predicted octanol–water partition coefficient (Wildman–Crippen LogP) is 6.65. The zero-order valence-electron chi connectivity index (χ0n) is 19.8. The number of non-ortho nitro benzene ring substituents is 1. The molecule has 0 spiro atoms. The van der Waals surface area contributed by atoms with E-state index in [1.165, 1.54) is 29.3 Å². The maximum Gasteiger partial charge on any atom is 0.291 e. The summed E-state index contributed by atoms with van der Waals surface area (Å²) in [6.45, 7) is 6.24. The third-order valence-corrected chi connectivity index (χ3v) is 6.01. The van der Waals surface area contributed by atoms with Gasteiger partial charge in [-0.15, -0.1) is 0 Å². The maximum absolute atomic E-state index is 12.5. The molecule has 0 aliphatic heterocycles. The van der Waals surface area contributed by atoms with Gasteiger partial charge in [0.25, 0.3) is 11.6 Å². The first-order chi connectivity index (χ1) is 16.7. The van der Waals surface area contributed by atoms with E-state index < -0.39 is 10.8 Å². The van der Waals surface area contributed by atoms with Crippen molar-refractivity contribution < 1.29 is 18.9 Å². The van der Waals surface area contributed by atoms with Crippen molar-refractivity contribution in [3.05, 3.63) is 123 Å². The Morgan fingerprint density at radius 3 is 2.31 bits per heavy atom. The molecule has 1 N–H and O–H groups in total. The molecule has 0 unspecified atom stereocenters. The van der Waals surface area contributed by atoms with Crippen LogP contribution in [-0.4, -0.2) is 10.8 Å². The Morgan fingerprint density at radius 2 is 1.66 bits per heavy atom. The fourth-order valence-corrected chi connectivity index (χ4v) is 3.81. The van der Waals surface area contributed by atoms with Gasteiger partial charge < -0.3 is 14.5 Å². The standard InChI is InChI=1S/C28H26N2O5/c1-19-17-22(30(32)33)11-15-25(19)29-27(31)26-16-14-24(35-26)18-34-23-12-9-21(10-13-23)28(2,3)20-7-5-4-6-8-20/h4-17H,18H2,1-3H3,(H,29,31). The van der Waals surface area contributed by atoms with Crippen molar-refractivity contribution in [2.45, 2.75) is 32.8 Å². The van der Waals surface area contributed by atoms with Crippen LogP contribution in [0.25, 0.3) is 0 Å². The van der Waals surface area contributed by atoms with E-state index in [4.69, 9.17) is 9.15 Å². The Hall–Kier alpha value is -4.39. The highest BCUT2D eigenvalue weighted by atomic mass is 16.6. The number of benzene rings is 3. The lowest BCUT2D eigenvalue weighted by Crippen LogP contribution is -2.18. The second-order valence-corrected chi connectivity index (χ2v) is 8.78. The summed E-state index contributed by atoms with van der Waals surface area (Å²) in [5.41, 5.74) is 3.31. The van der Waals surface area contributed by atoms with E-state index in [9.17, 15) is 14.9 Å². The summed E-state index contributed by atoms with van der Waals surface area (Å²) < 4.78 is 11.5. The Morgan fingerprint density at radius 1 is 0.971 bits per heavy atom. The first-order valence-electron chi connectivity index (χ1n) is 11.2. The number of ether oxygens (including phenoxy) is 1. The number of carbonyl (C=O) groups excluding carboxylic acids is 1. The summed E-state index contributed by atoms with van der Waals surface area (Å²) in [7, 11) is 0. The zero-order chi connectivity index (χ0) is 25.0. The number of anilines is 1. The van der Waals surface area contributed by atoms with Gasteiger partial charge in [-0.1, -0.05) is 56.3 Å². The quantitative estimate of drug-likeness (QED) is 0.230. The number of rotatable bonds is 8. The van der Waals surface area contributed by atoms with Gasteiger partial charge in [0.1, 0.15) is 18.1 Å². The molecule has 0 saturated heterocycles. The monoisotopic (exact) mass is 470 g/mol. The summed E-state index contributed by atoms with van der Waals surface area (Å²) in [5, 5.41) is 13.6. The molecular formula is C28H26N2O5. The minimum Gasteiger partial charge on any atom is -0.486 e. The molecule has 7 heteroatoms. The van der Waals surface area contributed by atoms with Crippen LogP contribution in [0.4, 0.5) is 11.4 Å². The first kappa shape index (κ1) is 23.8. The summed E-state index contributed by atoms with van der Waals surface area (Å²) in [5.74, 6) is 0.882. The van der Waals surface area contributed by atoms with Crippen LogP contribution < -0.4 is 10.1 Å². The van der Waals surface area contributed by atoms with E-state index in [0.717, 1.165) is 0 Å². The van der Waals surface area contributed by atoms with Gasteiger partial charge in [0.05, 0.1) is 4.92 Å². The zero-order valence-corrected chi connectivity index (χ0v) is 19.8. The minimum absolute atomic E-state index is 0.0328. The van der Waals surface area contributed by atoms with Crippen LogP contribution in [0, 0.1) is 17.0 Å². The van der Waals surface area contributed by atoms with Crippen molar-refractivity contribution in [3.63, 3.8) is 0 Å². The third-order valence-electron chi connectivity index (χ3n) is 6.01. The molecule has 35 heavy (non-hydrogen) atoms. The molecule has 1 aromatic heterocycles. The van der Waals surface area contributed by atoms with Gasteiger partial charge in [-0.05, 0) is 53.9 Å². The van der Waals surface area contributed by atoms with Crippen LogP contribution in [-0.2, 0) is 12.0 Å². The van der Waals surface area contributed by atoms with Crippen LogP contribution in [0.2, 0.25) is 0 Å². The number of nitro benzene ring substituents is 1. The molecule has 0 atom stereocenters. The van der Waals surface area contributed by atoms with Gasteiger partial charge in [-0.25, -0.2) is 0 Å². The highest BCUT2D eigenvalue weighted by molar-refractivity contribution is 6.02. The number of hydrogen-bond donors (Lipinski definition) is 1. The second-order valence-electron chi connectivity index (χ2n) is 8.78. The number of nitrogens with zero attached hydrogens (tertiary/aromatic N) is 1. The fraction of sp³-hybridized carbons (Fsp3) is 0.179. The van der Waals surface area contributed by atoms with Gasteiger partial charge in [0, 0.05) is 23.2 Å². The Bertz CT molecular complexity index is 1340. The van der Waals surface area contributed by atoms with E-state index in [1.54, 1.807) is 19.1 Å². The minimum atomic E-state index is -0.477. The molecule has 0 aliphatic rings. The Kier molecular flexibility index (Phi) is 6.68. The SMILES string of the molecule is Cc1cc([N+](=O)[O-])ccc1NC(=O)c1ccc(COc2ccc(C(C)(C)c3ccccc3)cc2)o1. The lowest BCUT2D eigenvalue weighted by molar-refractivity contribution is -0.384. The maximum atomic E-state index is 12.5. The van der Waals surface area contributed by atoms with E-state index in [0.29, 0.717) is 22.8 Å². The average molecular weight is 471 g/mol. The number of nitro groups is 1. The second kappa shape index (κ2) is 9.85. The van der Waals surface area contributed by atoms with Crippen molar-refractivity contribution in [1.82, 2.24) is 0 Å². The summed E-state index contributed by atoms with van der Waals surface area (Å²) in [6, 6.07) is 25.8. The third kappa shape index (κ3) is 5.41. The first-order valence-corrected chi connectivity index (χ1v) is 11.2. The van der Waals surface area contributed by atoms with E-state index in [2.05, 4.69) is 43.4 Å². The number of furan rings is 1. The van der Waals surface area contributed by atoms with Gasteiger partial charge in [0.15, 0.2) is 5.76 Å². The topological polar surface area (TPSA) is 94.6 Å². The molecular weight excluding hydrogens is 444 g/mol. The molecule has 0 bridgehead atoms. The molecule has 178 valence electrons. The van der Waals surface area contributed by atoms with Crippen LogP contribution in [0.5, 0.6) is 5.75 Å². The summed E-state index contributed by atoms with van der Waals surface area (Å²) in [6.07, 6.45) is 0. The average Bonchev–Trinajstić information content (AvgIpc) is 3.34. The number of hydrogen-bond acceptors (Lipinski definition) is 5. The Balaban J connectivity index is 1.36. The molecule has 3 aromatic carbocycles. The highest BCUT2D eigenvalue weighted by Gasteiger charge is 2.22. The molecule has 4 rings (SSSR count). The Labute approximate surface area is 203 Å². The van der Waals surface area contributed by atoms with Gasteiger partial charge in [-0.3, -0.25) is 14.9 Å². The van der Waals surface area contributed by atoms with Crippen molar-refractivity contribution in [3.8, 4) is 5.75 Å². The van der Waals surface area contributed by atoms with Crippen LogP contribution >= 0.6 is 0 Å². The van der Waals surface area contributed by atoms with Crippen LogP contribution in [0.1, 0.15) is 46.9 Å². The van der Waals surface area contributed by atoms with Crippen molar-refractivity contribution in [1.29, 1.82) is 0 Å². The van der Waals surface area contributed by atoms with E-state index in [-0.39, 0.29) is 23.5 Å². The molecule has 0 saturated carbocycles. The van der Waals surface area contributed by atoms with Crippen molar-refractivity contribution >= 4 is 17.3 Å². The normalized spacial score (nSPS) is 11.2. The number of amides is 1. The molecule has 0 radical (unpaired) electrons. The van der Waals surface area contributed by atoms with Crippen molar-refractivity contribution in [2.24, 2.45) is 0 Å². The molecule has 0 fully saturated rings. The van der Waals surface area contributed by atoms with Crippen LogP contribution in [0.15, 0.2) is 89.3 Å². The fourth-order valence-electron chi connectivity index (χ4n) is 3.81. The van der Waals surface area contributed by atoms with Crippen LogP contribution in [0.3, 0.4) is 0 Å². The number of nitrogens with one attached hydrogen (secondary N) is 1. The van der Waals surface area contributed by atoms with Gasteiger partial charge in [0.2, 0.25) is 0 Å². The van der Waals surface area contributed by atoms with E-state index >= 15 is 0 Å². The summed E-state index contributed by atoms with van der Waals surface area (Å²) >= 11 is 0. The lowest BCUT2D eigenvalue weighted by Gasteiger charge is -2.26. The van der Waals surface area contributed by atoms with Gasteiger partial charge >= 0.3 is 0 Å². The molecule has 0 aliphatic carbocycles. The highest BCUT2D eigenvalue weighted by Crippen LogP contribution is 2.32. The summed E-state index contributed by atoms with van der Waals surface area (Å²) in [4.78, 5) is 23.0. The predicted molar refractivity (Wildman–Crippen MR) is 134 cm³/mol. The smallest absolute Gasteiger partial charge is 0.291 e. The van der Waals surface area contributed by atoms with E-state index in [1.807, 2.05) is 30.3 Å². The van der Waals surface area contributed by atoms with Crippen molar-refractivity contribution in [2.75, 3.05) is 5.32 Å². The number of carbonyl (C=O) groups is 1. The largest absolute Gasteiger partial charge is 0.486 e. The molecule has 1 heterocycles. The molecule has 1 amide bonds. The number of aryl methyl sites for hydroxylation is 1.